The fourth-order valence-electron chi connectivity index (χ4n) is 1.55. The molecule has 0 bridgehead atoms. The summed E-state index contributed by atoms with van der Waals surface area (Å²) in [7, 11) is 0. The topological polar surface area (TPSA) is 25.8 Å². The molecule has 2 rings (SSSR count). The van der Waals surface area contributed by atoms with Gasteiger partial charge in [0.05, 0.1) is 0 Å². The van der Waals surface area contributed by atoms with Crippen LogP contribution in [0.5, 0.6) is 0 Å². The number of hydrogen-bond acceptors (Lipinski definition) is 2. The Morgan fingerprint density at radius 2 is 1.80 bits per heavy atom. The Kier molecular flexibility index (Phi) is 3.11. The first-order chi connectivity index (χ1) is 7.16. The second-order valence-electron chi connectivity index (χ2n) is 3.47. The maximum atomic E-state index is 4.47. The van der Waals surface area contributed by atoms with Gasteiger partial charge in [-0.05, 0) is 0 Å². The molecule has 2 nitrogen and oxygen atoms in total. The molecule has 0 atom stereocenters. The van der Waals surface area contributed by atoms with E-state index in [1.807, 2.05) is 19.1 Å². The van der Waals surface area contributed by atoms with Gasteiger partial charge in [0.25, 0.3) is 0 Å². The van der Waals surface area contributed by atoms with Crippen LogP contribution in [0.15, 0.2) is 30.3 Å². The predicted molar refractivity (Wildman–Crippen MR) is 62.3 cm³/mol. The zero-order chi connectivity index (χ0) is 10.8. The third-order valence-corrected chi connectivity index (χ3v) is 3.14. The van der Waals surface area contributed by atoms with Crippen molar-refractivity contribution < 1.29 is 0 Å². The summed E-state index contributed by atoms with van der Waals surface area (Å²) in [5, 5.41) is 0. The molecule has 1 aromatic carbocycles. The van der Waals surface area contributed by atoms with Crippen LogP contribution >= 0.6 is 0 Å². The molecule has 0 N–H and O–H groups in total. The van der Waals surface area contributed by atoms with Crippen molar-refractivity contribution in [2.45, 2.75) is 13.8 Å². The molecule has 0 unspecified atom stereocenters. The molecule has 1 aromatic heterocycles. The first-order valence-corrected chi connectivity index (χ1v) is 6.51. The fraction of sp³-hybridized carbons (Fsp3) is 0.167. The number of aromatic nitrogens is 2. The minimum absolute atomic E-state index is 0.855. The summed E-state index contributed by atoms with van der Waals surface area (Å²) < 4.78 is 1.13. The van der Waals surface area contributed by atoms with Gasteiger partial charge in [-0.3, -0.25) is 0 Å². The SMILES string of the molecule is Cc1n[c]([Bi])cc(-c2ccccc2C)n1. The molecular formula is C12H11BiN2. The summed E-state index contributed by atoms with van der Waals surface area (Å²) in [4.78, 5) is 8.80. The summed E-state index contributed by atoms with van der Waals surface area (Å²) in [6.07, 6.45) is 0. The maximum absolute atomic E-state index is 4.47. The monoisotopic (exact) mass is 392 g/mol. The van der Waals surface area contributed by atoms with Gasteiger partial charge in [0.2, 0.25) is 0 Å². The van der Waals surface area contributed by atoms with Crippen molar-refractivity contribution in [3.8, 4) is 11.3 Å². The Balaban J connectivity index is 2.59. The van der Waals surface area contributed by atoms with Crippen LogP contribution in [0, 0.1) is 13.8 Å². The van der Waals surface area contributed by atoms with Crippen molar-refractivity contribution in [2.75, 3.05) is 0 Å². The van der Waals surface area contributed by atoms with Gasteiger partial charge in [0.15, 0.2) is 0 Å². The van der Waals surface area contributed by atoms with Gasteiger partial charge in [-0.1, -0.05) is 0 Å². The summed E-state index contributed by atoms with van der Waals surface area (Å²) in [6, 6.07) is 10.4. The van der Waals surface area contributed by atoms with Crippen LogP contribution in [0.25, 0.3) is 11.3 Å². The third-order valence-electron chi connectivity index (χ3n) is 2.25. The summed E-state index contributed by atoms with van der Waals surface area (Å²) in [6.45, 7) is 4.05. The van der Waals surface area contributed by atoms with E-state index in [1.54, 1.807) is 0 Å². The first kappa shape index (κ1) is 10.7. The van der Waals surface area contributed by atoms with E-state index in [9.17, 15) is 0 Å². The molecule has 0 fully saturated rings. The van der Waals surface area contributed by atoms with Gasteiger partial charge in [0, 0.05) is 0 Å². The quantitative estimate of drug-likeness (QED) is 0.689. The molecule has 0 aliphatic heterocycles. The zero-order valence-electron chi connectivity index (χ0n) is 8.73. The Morgan fingerprint density at radius 3 is 2.47 bits per heavy atom. The Hall–Kier alpha value is -0.817. The van der Waals surface area contributed by atoms with Crippen LogP contribution < -0.4 is 3.40 Å². The second-order valence-corrected chi connectivity index (χ2v) is 5.25. The third kappa shape index (κ3) is 2.40. The minimum atomic E-state index is 0.855. The number of aryl methyl sites for hydroxylation is 2. The van der Waals surface area contributed by atoms with Gasteiger partial charge in [-0.25, -0.2) is 0 Å². The van der Waals surface area contributed by atoms with Crippen LogP contribution in [-0.2, 0) is 0 Å². The van der Waals surface area contributed by atoms with Crippen LogP contribution in [0.1, 0.15) is 11.4 Å². The van der Waals surface area contributed by atoms with Gasteiger partial charge in [-0.2, -0.15) is 0 Å². The zero-order valence-corrected chi connectivity index (χ0v) is 12.2. The Bertz CT molecular complexity index is 474. The van der Waals surface area contributed by atoms with E-state index in [0.717, 1.165) is 14.9 Å². The van der Waals surface area contributed by atoms with Gasteiger partial charge in [0.1, 0.15) is 0 Å². The molecule has 15 heavy (non-hydrogen) atoms. The average molecular weight is 392 g/mol. The van der Waals surface area contributed by atoms with Crippen LogP contribution in [-0.4, -0.2) is 34.7 Å². The van der Waals surface area contributed by atoms with Gasteiger partial charge >= 0.3 is 105 Å². The number of hydrogen-bond donors (Lipinski definition) is 0. The molecular weight excluding hydrogens is 381 g/mol. The fourth-order valence-corrected chi connectivity index (χ4v) is 2.59. The number of rotatable bonds is 1. The van der Waals surface area contributed by atoms with E-state index in [1.165, 1.54) is 35.8 Å². The Morgan fingerprint density at radius 1 is 1.07 bits per heavy atom. The standard InChI is InChI=1S/C12H11N2.Bi/c1-9-5-3-4-6-11(9)12-7-8-13-10(2)14-12;/h3-7H,1-2H3;. The second kappa shape index (κ2) is 4.36. The van der Waals surface area contributed by atoms with E-state index >= 15 is 0 Å². The normalized spacial score (nSPS) is 10.3. The van der Waals surface area contributed by atoms with Crippen LogP contribution in [0.2, 0.25) is 0 Å². The molecule has 3 heteroatoms. The molecule has 0 spiro atoms. The van der Waals surface area contributed by atoms with Gasteiger partial charge < -0.3 is 0 Å². The van der Waals surface area contributed by atoms with E-state index in [4.69, 9.17) is 0 Å². The number of nitrogens with zero attached hydrogens (tertiary/aromatic N) is 2. The van der Waals surface area contributed by atoms with Gasteiger partial charge in [-0.15, -0.1) is 0 Å². The van der Waals surface area contributed by atoms with E-state index in [-0.39, 0.29) is 0 Å². The first-order valence-electron chi connectivity index (χ1n) is 4.77. The predicted octanol–water partition coefficient (Wildman–Crippen LogP) is 1.55. The van der Waals surface area contributed by atoms with E-state index < -0.39 is 0 Å². The molecule has 74 valence electrons. The molecule has 1 heterocycles. The van der Waals surface area contributed by atoms with Crippen molar-refractivity contribution in [2.24, 2.45) is 0 Å². The molecule has 0 saturated carbocycles. The molecule has 0 aliphatic carbocycles. The van der Waals surface area contributed by atoms with E-state index in [0.29, 0.717) is 0 Å². The van der Waals surface area contributed by atoms with Crippen LogP contribution in [0.4, 0.5) is 0 Å². The molecule has 0 saturated heterocycles. The average Bonchev–Trinajstić information content (AvgIpc) is 2.16. The van der Waals surface area contributed by atoms with Crippen molar-refractivity contribution >= 4 is 28.1 Å². The van der Waals surface area contributed by atoms with E-state index in [2.05, 4.69) is 35.1 Å². The van der Waals surface area contributed by atoms with Crippen molar-refractivity contribution in [3.05, 3.63) is 41.7 Å². The van der Waals surface area contributed by atoms with Crippen LogP contribution in [0.3, 0.4) is 0 Å². The summed E-state index contributed by atoms with van der Waals surface area (Å²) in [5.74, 6) is 0.855. The van der Waals surface area contributed by atoms with Crippen molar-refractivity contribution in [1.29, 1.82) is 0 Å². The molecule has 0 aliphatic rings. The molecule has 2 aromatic rings. The Labute approximate surface area is 105 Å². The van der Waals surface area contributed by atoms with Crippen molar-refractivity contribution in [3.63, 3.8) is 0 Å². The number of benzene rings is 1. The molecule has 0 amide bonds. The summed E-state index contributed by atoms with van der Waals surface area (Å²) in [5.41, 5.74) is 3.50. The summed E-state index contributed by atoms with van der Waals surface area (Å²) >= 11 is 1.17. The van der Waals surface area contributed by atoms with Crippen molar-refractivity contribution in [1.82, 2.24) is 9.97 Å². The molecule has 2 radical (unpaired) electrons.